The van der Waals surface area contributed by atoms with Crippen molar-refractivity contribution < 1.29 is 28.3 Å². The maximum absolute atomic E-state index is 14.6. The molecule has 0 radical (unpaired) electrons. The Hall–Kier alpha value is -3.62. The molecule has 1 aliphatic heterocycles. The highest BCUT2D eigenvalue weighted by Gasteiger charge is 2.47. The standard InChI is InChI=1S/C33H45N3O6/c1-21-17-20-27(41-21)25-18-19-26(29(37)24-15-11-8-12-16-24)36(25)31(39)28(23-13-9-7-10-14-23)34-30(38)22(2)35(6)32(40)42-33(3,4)5/h8,11-12,15-17,20,22-23,25-26,28H,7,9-10,13-14,18-19H2,1-6H3,(H,34,38)/t22-,25+,26-,28-/m0/s1. The summed E-state index contributed by atoms with van der Waals surface area (Å²) in [5.74, 6) is 0.432. The molecule has 4 atom stereocenters. The van der Waals surface area contributed by atoms with Crippen LogP contribution >= 0.6 is 0 Å². The van der Waals surface area contributed by atoms with Crippen molar-refractivity contribution in [2.75, 3.05) is 7.05 Å². The number of likely N-dealkylation sites (N-methyl/N-ethyl adjacent to an activating group) is 1. The lowest BCUT2D eigenvalue weighted by atomic mass is 9.83. The van der Waals surface area contributed by atoms with Crippen LogP contribution in [0.15, 0.2) is 46.9 Å². The molecule has 9 heteroatoms. The quantitative estimate of drug-likeness (QED) is 0.395. The maximum Gasteiger partial charge on any atom is 0.410 e. The Bertz CT molecular complexity index is 1260. The van der Waals surface area contributed by atoms with Gasteiger partial charge in [0.2, 0.25) is 11.8 Å². The number of nitrogens with zero attached hydrogens (tertiary/aromatic N) is 2. The van der Waals surface area contributed by atoms with Gasteiger partial charge in [-0.05, 0) is 78.4 Å². The lowest BCUT2D eigenvalue weighted by Crippen LogP contribution is -2.58. The summed E-state index contributed by atoms with van der Waals surface area (Å²) in [5.41, 5.74) is -0.167. The number of ketones is 1. The van der Waals surface area contributed by atoms with Gasteiger partial charge in [0.15, 0.2) is 5.78 Å². The summed E-state index contributed by atoms with van der Waals surface area (Å²) < 4.78 is 11.4. The molecule has 2 heterocycles. The molecule has 1 saturated heterocycles. The van der Waals surface area contributed by atoms with Crippen molar-refractivity contribution in [1.82, 2.24) is 15.1 Å². The number of hydrogen-bond donors (Lipinski definition) is 1. The van der Waals surface area contributed by atoms with Crippen LogP contribution in [0.2, 0.25) is 0 Å². The number of carbonyl (C=O) groups is 4. The fourth-order valence-corrected chi connectivity index (χ4v) is 6.03. The van der Waals surface area contributed by atoms with Crippen LogP contribution in [-0.4, -0.2) is 64.3 Å². The molecule has 1 aromatic carbocycles. The summed E-state index contributed by atoms with van der Waals surface area (Å²) in [7, 11) is 1.51. The monoisotopic (exact) mass is 579 g/mol. The van der Waals surface area contributed by atoms with E-state index in [1.165, 1.54) is 11.9 Å². The molecule has 2 aromatic rings. The van der Waals surface area contributed by atoms with Crippen LogP contribution in [0, 0.1) is 12.8 Å². The van der Waals surface area contributed by atoms with E-state index in [4.69, 9.17) is 9.15 Å². The molecular formula is C33H45N3O6. The van der Waals surface area contributed by atoms with Crippen molar-refractivity contribution in [3.8, 4) is 0 Å². The average molecular weight is 580 g/mol. The number of likely N-dealkylation sites (tertiary alicyclic amines) is 1. The van der Waals surface area contributed by atoms with E-state index in [0.29, 0.717) is 24.2 Å². The zero-order chi connectivity index (χ0) is 30.6. The van der Waals surface area contributed by atoms with E-state index in [1.54, 1.807) is 44.7 Å². The van der Waals surface area contributed by atoms with Gasteiger partial charge in [-0.1, -0.05) is 49.6 Å². The predicted molar refractivity (Wildman–Crippen MR) is 159 cm³/mol. The zero-order valence-corrected chi connectivity index (χ0v) is 25.7. The van der Waals surface area contributed by atoms with Gasteiger partial charge < -0.3 is 19.4 Å². The third-order valence-electron chi connectivity index (χ3n) is 8.42. The summed E-state index contributed by atoms with van der Waals surface area (Å²) in [5, 5.41) is 3.02. The van der Waals surface area contributed by atoms with Gasteiger partial charge in [-0.3, -0.25) is 19.3 Å². The summed E-state index contributed by atoms with van der Waals surface area (Å²) in [6.07, 6.45) is 5.04. The van der Waals surface area contributed by atoms with Crippen molar-refractivity contribution >= 4 is 23.7 Å². The van der Waals surface area contributed by atoms with E-state index in [9.17, 15) is 19.2 Å². The Morgan fingerprint density at radius 3 is 2.24 bits per heavy atom. The van der Waals surface area contributed by atoms with E-state index in [1.807, 2.05) is 37.3 Å². The van der Waals surface area contributed by atoms with Crippen LogP contribution in [0.3, 0.4) is 0 Å². The van der Waals surface area contributed by atoms with Crippen LogP contribution < -0.4 is 5.32 Å². The Kier molecular flexibility index (Phi) is 9.79. The number of furan rings is 1. The Labute approximate surface area is 248 Å². The first kappa shape index (κ1) is 31.3. The van der Waals surface area contributed by atoms with Crippen LogP contribution in [0.25, 0.3) is 0 Å². The summed E-state index contributed by atoms with van der Waals surface area (Å²) in [6, 6.07) is 9.93. The number of aryl methyl sites for hydroxylation is 1. The minimum absolute atomic E-state index is 0.0821. The van der Waals surface area contributed by atoms with Crippen molar-refractivity contribution in [2.45, 2.75) is 109 Å². The number of Topliss-reactive ketones (excluding diaryl/α,β-unsaturated/α-hetero) is 1. The fraction of sp³-hybridized carbons (Fsp3) is 0.576. The lowest BCUT2D eigenvalue weighted by molar-refractivity contribution is -0.141. The number of benzene rings is 1. The average Bonchev–Trinajstić information content (AvgIpc) is 3.60. The van der Waals surface area contributed by atoms with Gasteiger partial charge in [0, 0.05) is 12.6 Å². The molecule has 4 rings (SSSR count). The molecule has 228 valence electrons. The highest BCUT2D eigenvalue weighted by atomic mass is 16.6. The van der Waals surface area contributed by atoms with Crippen LogP contribution in [0.5, 0.6) is 0 Å². The second-order valence-corrected chi connectivity index (χ2v) is 12.7. The second kappa shape index (κ2) is 13.1. The molecule has 1 aliphatic carbocycles. The van der Waals surface area contributed by atoms with E-state index in [2.05, 4.69) is 5.32 Å². The molecule has 1 N–H and O–H groups in total. The topological polar surface area (TPSA) is 109 Å². The van der Waals surface area contributed by atoms with Gasteiger partial charge in [-0.15, -0.1) is 0 Å². The second-order valence-electron chi connectivity index (χ2n) is 12.7. The van der Waals surface area contributed by atoms with Gasteiger partial charge in [0.25, 0.3) is 0 Å². The van der Waals surface area contributed by atoms with Crippen molar-refractivity contribution in [2.24, 2.45) is 5.92 Å². The highest BCUT2D eigenvalue weighted by Crippen LogP contribution is 2.40. The van der Waals surface area contributed by atoms with Gasteiger partial charge in [-0.2, -0.15) is 0 Å². The highest BCUT2D eigenvalue weighted by molar-refractivity contribution is 6.03. The van der Waals surface area contributed by atoms with E-state index in [0.717, 1.165) is 37.9 Å². The molecule has 1 aromatic heterocycles. The minimum Gasteiger partial charge on any atom is -0.464 e. The SMILES string of the molecule is Cc1ccc([C@H]2CC[C@@H](C(=O)c3ccccc3)N2C(=O)[C@@H](NC(=O)[C@H](C)N(C)C(=O)OC(C)(C)C)C2CCCCC2)o1. The normalized spacial score (nSPS) is 21.0. The minimum atomic E-state index is -0.873. The van der Waals surface area contributed by atoms with Gasteiger partial charge in [0.1, 0.15) is 29.2 Å². The largest absolute Gasteiger partial charge is 0.464 e. The fourth-order valence-electron chi connectivity index (χ4n) is 6.03. The molecule has 0 bridgehead atoms. The number of ether oxygens (including phenoxy) is 1. The van der Waals surface area contributed by atoms with E-state index < -0.39 is 41.8 Å². The smallest absolute Gasteiger partial charge is 0.410 e. The molecule has 2 aliphatic rings. The lowest BCUT2D eigenvalue weighted by Gasteiger charge is -2.37. The Morgan fingerprint density at radius 2 is 1.64 bits per heavy atom. The molecule has 1 saturated carbocycles. The van der Waals surface area contributed by atoms with Gasteiger partial charge >= 0.3 is 6.09 Å². The Morgan fingerprint density at radius 1 is 0.976 bits per heavy atom. The summed E-state index contributed by atoms with van der Waals surface area (Å²) in [6.45, 7) is 8.77. The summed E-state index contributed by atoms with van der Waals surface area (Å²) in [4.78, 5) is 57.6. The first-order valence-corrected chi connectivity index (χ1v) is 15.1. The first-order chi connectivity index (χ1) is 19.9. The number of hydrogen-bond acceptors (Lipinski definition) is 6. The molecule has 0 unspecified atom stereocenters. The number of carbonyl (C=O) groups excluding carboxylic acids is 4. The first-order valence-electron chi connectivity index (χ1n) is 15.1. The molecule has 3 amide bonds. The predicted octanol–water partition coefficient (Wildman–Crippen LogP) is 5.82. The van der Waals surface area contributed by atoms with Crippen molar-refractivity contribution in [3.05, 3.63) is 59.5 Å². The van der Waals surface area contributed by atoms with E-state index >= 15 is 0 Å². The molecule has 2 fully saturated rings. The number of amides is 3. The van der Waals surface area contributed by atoms with E-state index in [-0.39, 0.29) is 17.6 Å². The number of nitrogens with one attached hydrogen (secondary N) is 1. The third-order valence-corrected chi connectivity index (χ3v) is 8.42. The number of rotatable bonds is 8. The van der Waals surface area contributed by atoms with Crippen LogP contribution in [0.1, 0.15) is 101 Å². The van der Waals surface area contributed by atoms with Gasteiger partial charge in [0.05, 0.1) is 12.1 Å². The van der Waals surface area contributed by atoms with Crippen LogP contribution in [-0.2, 0) is 14.3 Å². The molecule has 0 spiro atoms. The van der Waals surface area contributed by atoms with Crippen molar-refractivity contribution in [1.29, 1.82) is 0 Å². The zero-order valence-electron chi connectivity index (χ0n) is 25.7. The molecular weight excluding hydrogens is 534 g/mol. The van der Waals surface area contributed by atoms with Gasteiger partial charge in [-0.25, -0.2) is 4.79 Å². The maximum atomic E-state index is 14.6. The van der Waals surface area contributed by atoms with Crippen LogP contribution in [0.4, 0.5) is 4.79 Å². The third kappa shape index (κ3) is 7.23. The Balaban J connectivity index is 1.64. The summed E-state index contributed by atoms with van der Waals surface area (Å²) >= 11 is 0. The van der Waals surface area contributed by atoms with Crippen molar-refractivity contribution in [3.63, 3.8) is 0 Å². The molecule has 42 heavy (non-hydrogen) atoms. The molecule has 9 nitrogen and oxygen atoms in total.